The van der Waals surface area contributed by atoms with Crippen molar-refractivity contribution in [3.63, 3.8) is 0 Å². The Morgan fingerprint density at radius 3 is 2.62 bits per heavy atom. The summed E-state index contributed by atoms with van der Waals surface area (Å²) < 4.78 is 5.29. The molecule has 0 unspecified atom stereocenters. The van der Waals surface area contributed by atoms with Crippen LogP contribution >= 0.6 is 0 Å². The van der Waals surface area contributed by atoms with Crippen LogP contribution in [0.4, 0.5) is 5.82 Å². The number of aromatic nitrogens is 3. The summed E-state index contributed by atoms with van der Waals surface area (Å²) in [5, 5.41) is 14.4. The van der Waals surface area contributed by atoms with Crippen LogP contribution < -0.4 is 4.90 Å². The highest BCUT2D eigenvalue weighted by Gasteiger charge is 2.30. The Hall–Kier alpha value is -1.95. The van der Waals surface area contributed by atoms with Crippen molar-refractivity contribution in [2.45, 2.75) is 57.5 Å². The molecule has 2 aromatic heterocycles. The number of hydrogen-bond donors (Lipinski definition) is 1. The summed E-state index contributed by atoms with van der Waals surface area (Å²) >= 11 is 0. The fourth-order valence-electron chi connectivity index (χ4n) is 3.10. The van der Waals surface area contributed by atoms with E-state index in [0.29, 0.717) is 11.7 Å². The van der Waals surface area contributed by atoms with Gasteiger partial charge in [0.15, 0.2) is 5.82 Å². The summed E-state index contributed by atoms with van der Waals surface area (Å²) in [5.41, 5.74) is 0.339. The molecule has 0 radical (unpaired) electrons. The van der Waals surface area contributed by atoms with E-state index < -0.39 is 5.60 Å². The van der Waals surface area contributed by atoms with E-state index in [4.69, 9.17) is 4.52 Å². The molecular weight excluding hydrogens is 304 g/mol. The minimum Gasteiger partial charge on any atom is -0.390 e. The van der Waals surface area contributed by atoms with Crippen LogP contribution in [0.3, 0.4) is 0 Å². The van der Waals surface area contributed by atoms with E-state index in [0.717, 1.165) is 50.0 Å². The van der Waals surface area contributed by atoms with Crippen LogP contribution in [0.5, 0.6) is 0 Å². The first-order valence-electron chi connectivity index (χ1n) is 8.70. The van der Waals surface area contributed by atoms with Gasteiger partial charge in [0.25, 0.3) is 5.89 Å². The average molecular weight is 330 g/mol. The van der Waals surface area contributed by atoms with E-state index in [1.807, 2.05) is 33.0 Å². The Morgan fingerprint density at radius 1 is 1.29 bits per heavy atom. The summed E-state index contributed by atoms with van der Waals surface area (Å²) in [4.78, 5) is 11.0. The number of aliphatic hydroxyl groups is 1. The quantitative estimate of drug-likeness (QED) is 0.875. The zero-order valence-electron chi connectivity index (χ0n) is 14.7. The van der Waals surface area contributed by atoms with Crippen LogP contribution in [0.2, 0.25) is 0 Å². The zero-order chi connectivity index (χ0) is 17.2. The largest absolute Gasteiger partial charge is 0.390 e. The molecule has 0 bridgehead atoms. The predicted octanol–water partition coefficient (Wildman–Crippen LogP) is 3.39. The lowest BCUT2D eigenvalue weighted by molar-refractivity contribution is 0.0410. The number of hydrogen-bond acceptors (Lipinski definition) is 6. The van der Waals surface area contributed by atoms with Crippen LogP contribution in [0.15, 0.2) is 22.9 Å². The summed E-state index contributed by atoms with van der Waals surface area (Å²) in [7, 11) is 2.00. The second-order valence-corrected chi connectivity index (χ2v) is 7.12. The maximum absolute atomic E-state index is 10.5. The Balaban J connectivity index is 1.62. The van der Waals surface area contributed by atoms with Gasteiger partial charge in [-0.1, -0.05) is 31.8 Å². The lowest BCUT2D eigenvalue weighted by Crippen LogP contribution is -2.31. The van der Waals surface area contributed by atoms with Gasteiger partial charge in [0, 0.05) is 25.7 Å². The minimum absolute atomic E-state index is 0.238. The first-order valence-corrected chi connectivity index (χ1v) is 8.70. The number of pyridine rings is 1. The first-order chi connectivity index (χ1) is 11.5. The van der Waals surface area contributed by atoms with Gasteiger partial charge < -0.3 is 14.5 Å². The van der Waals surface area contributed by atoms with Crippen LogP contribution in [0, 0.1) is 0 Å². The third-order valence-corrected chi connectivity index (χ3v) is 4.79. The smallest absolute Gasteiger partial charge is 0.259 e. The lowest BCUT2D eigenvalue weighted by atomic mass is 9.98. The molecule has 0 amide bonds. The van der Waals surface area contributed by atoms with Gasteiger partial charge in [-0.25, -0.2) is 4.98 Å². The summed E-state index contributed by atoms with van der Waals surface area (Å²) in [6.45, 7) is 4.85. The minimum atomic E-state index is -0.481. The highest BCUT2D eigenvalue weighted by molar-refractivity contribution is 5.54. The fourth-order valence-corrected chi connectivity index (χ4v) is 3.10. The van der Waals surface area contributed by atoms with Crippen molar-refractivity contribution in [3.8, 4) is 11.5 Å². The molecule has 2 heterocycles. The van der Waals surface area contributed by atoms with E-state index in [-0.39, 0.29) is 5.92 Å². The second kappa shape index (κ2) is 6.89. The molecule has 6 nitrogen and oxygen atoms in total. The second-order valence-electron chi connectivity index (χ2n) is 7.12. The molecule has 2 aromatic rings. The van der Waals surface area contributed by atoms with Gasteiger partial charge >= 0.3 is 0 Å². The first kappa shape index (κ1) is 16.9. The standard InChI is InChI=1S/C18H26N4O2/c1-13(2)16-20-17(24-21-16)14-6-7-15(19-12-14)22(3)11-10-18(23)8-4-5-9-18/h6-7,12-13,23H,4-5,8-11H2,1-3H3. The van der Waals surface area contributed by atoms with Crippen molar-refractivity contribution >= 4 is 5.82 Å². The Labute approximate surface area is 142 Å². The van der Waals surface area contributed by atoms with Crippen LogP contribution in [0.1, 0.15) is 57.7 Å². The molecule has 1 saturated carbocycles. The number of nitrogens with zero attached hydrogens (tertiary/aromatic N) is 4. The summed E-state index contributed by atoms with van der Waals surface area (Å²) in [5.74, 6) is 2.32. The zero-order valence-corrected chi connectivity index (χ0v) is 14.7. The SMILES string of the molecule is CC(C)c1noc(-c2ccc(N(C)CCC3(O)CCCC3)nc2)n1. The Morgan fingerprint density at radius 2 is 2.04 bits per heavy atom. The molecule has 0 aliphatic heterocycles. The van der Waals surface area contributed by atoms with E-state index in [1.165, 1.54) is 0 Å². The third kappa shape index (κ3) is 3.75. The van der Waals surface area contributed by atoms with Gasteiger partial charge in [-0.2, -0.15) is 4.98 Å². The van der Waals surface area contributed by atoms with Gasteiger partial charge in [0.1, 0.15) is 5.82 Å². The van der Waals surface area contributed by atoms with Crippen molar-refractivity contribution in [3.05, 3.63) is 24.2 Å². The number of anilines is 1. The number of rotatable bonds is 6. The van der Waals surface area contributed by atoms with Crippen molar-refractivity contribution in [2.75, 3.05) is 18.5 Å². The molecule has 24 heavy (non-hydrogen) atoms. The molecule has 1 aliphatic rings. The van der Waals surface area contributed by atoms with E-state index in [1.54, 1.807) is 6.20 Å². The molecule has 1 N–H and O–H groups in total. The molecule has 3 rings (SSSR count). The monoisotopic (exact) mass is 330 g/mol. The maximum atomic E-state index is 10.5. The molecule has 0 spiro atoms. The highest BCUT2D eigenvalue weighted by Crippen LogP contribution is 2.32. The van der Waals surface area contributed by atoms with E-state index in [2.05, 4.69) is 20.0 Å². The van der Waals surface area contributed by atoms with Crippen molar-refractivity contribution in [1.29, 1.82) is 0 Å². The van der Waals surface area contributed by atoms with Gasteiger partial charge in [-0.05, 0) is 31.4 Å². The van der Waals surface area contributed by atoms with Gasteiger partial charge in [-0.15, -0.1) is 0 Å². The van der Waals surface area contributed by atoms with E-state index in [9.17, 15) is 5.11 Å². The third-order valence-electron chi connectivity index (χ3n) is 4.79. The predicted molar refractivity (Wildman–Crippen MR) is 92.9 cm³/mol. The van der Waals surface area contributed by atoms with E-state index >= 15 is 0 Å². The van der Waals surface area contributed by atoms with Crippen molar-refractivity contribution < 1.29 is 9.63 Å². The molecular formula is C18H26N4O2. The molecule has 0 aromatic carbocycles. The van der Waals surface area contributed by atoms with Crippen LogP contribution in [0.25, 0.3) is 11.5 Å². The van der Waals surface area contributed by atoms with Crippen molar-refractivity contribution in [1.82, 2.24) is 15.1 Å². The molecule has 0 saturated heterocycles. The Kier molecular flexibility index (Phi) is 4.85. The molecule has 1 fully saturated rings. The maximum Gasteiger partial charge on any atom is 0.259 e. The van der Waals surface area contributed by atoms with Crippen LogP contribution in [-0.2, 0) is 0 Å². The molecule has 6 heteroatoms. The van der Waals surface area contributed by atoms with Gasteiger partial charge in [0.2, 0.25) is 0 Å². The molecule has 130 valence electrons. The summed E-state index contributed by atoms with van der Waals surface area (Å²) in [6, 6.07) is 3.90. The van der Waals surface area contributed by atoms with Crippen molar-refractivity contribution in [2.24, 2.45) is 0 Å². The van der Waals surface area contributed by atoms with Crippen LogP contribution in [-0.4, -0.2) is 39.4 Å². The lowest BCUT2D eigenvalue weighted by Gasteiger charge is -2.26. The average Bonchev–Trinajstić information content (AvgIpc) is 3.23. The topological polar surface area (TPSA) is 75.3 Å². The highest BCUT2D eigenvalue weighted by atomic mass is 16.5. The van der Waals surface area contributed by atoms with Gasteiger partial charge in [0.05, 0.1) is 11.2 Å². The Bertz CT molecular complexity index is 660. The summed E-state index contributed by atoms with van der Waals surface area (Å²) in [6.07, 6.45) is 6.65. The normalized spacial score (nSPS) is 16.7. The molecule has 0 atom stereocenters. The molecule has 1 aliphatic carbocycles. The van der Waals surface area contributed by atoms with Gasteiger partial charge in [-0.3, -0.25) is 0 Å². The fraction of sp³-hybridized carbons (Fsp3) is 0.611.